The van der Waals surface area contributed by atoms with Gasteiger partial charge in [-0.15, -0.1) is 0 Å². The maximum absolute atomic E-state index is 13.6. The van der Waals surface area contributed by atoms with Crippen LogP contribution in [0.2, 0.25) is 0 Å². The van der Waals surface area contributed by atoms with E-state index in [9.17, 15) is 8.78 Å². The zero-order valence-corrected chi connectivity index (χ0v) is 10.2. The summed E-state index contributed by atoms with van der Waals surface area (Å²) < 4.78 is 27.2. The van der Waals surface area contributed by atoms with Crippen molar-refractivity contribution < 1.29 is 8.78 Å². The topological polar surface area (TPSA) is 26.0 Å². The SMILES string of the molecule is CCC(CN)Cc1c(F)ccc(Br)c1F. The molecule has 15 heavy (non-hydrogen) atoms. The van der Waals surface area contributed by atoms with E-state index in [2.05, 4.69) is 15.9 Å². The van der Waals surface area contributed by atoms with Crippen molar-refractivity contribution in [2.75, 3.05) is 6.54 Å². The van der Waals surface area contributed by atoms with Crippen molar-refractivity contribution in [2.45, 2.75) is 19.8 Å². The lowest BCUT2D eigenvalue weighted by Gasteiger charge is -2.13. The summed E-state index contributed by atoms with van der Waals surface area (Å²) in [5, 5.41) is 0. The third-order valence-corrected chi connectivity index (χ3v) is 3.15. The first-order valence-corrected chi connectivity index (χ1v) is 5.71. The molecule has 0 aliphatic carbocycles. The molecule has 4 heteroatoms. The fourth-order valence-electron chi connectivity index (χ4n) is 1.44. The molecule has 1 unspecified atom stereocenters. The molecule has 0 fully saturated rings. The van der Waals surface area contributed by atoms with Crippen molar-refractivity contribution in [3.05, 3.63) is 33.8 Å². The molecule has 0 bridgehead atoms. The number of benzene rings is 1. The highest BCUT2D eigenvalue weighted by Gasteiger charge is 2.15. The minimum absolute atomic E-state index is 0.127. The van der Waals surface area contributed by atoms with Gasteiger partial charge in [0.2, 0.25) is 0 Å². The minimum Gasteiger partial charge on any atom is -0.330 e. The maximum Gasteiger partial charge on any atom is 0.143 e. The monoisotopic (exact) mass is 277 g/mol. The van der Waals surface area contributed by atoms with E-state index in [4.69, 9.17) is 5.73 Å². The Morgan fingerprint density at radius 2 is 2.07 bits per heavy atom. The molecule has 0 aliphatic heterocycles. The van der Waals surface area contributed by atoms with E-state index < -0.39 is 11.6 Å². The summed E-state index contributed by atoms with van der Waals surface area (Å²) in [6.45, 7) is 2.41. The van der Waals surface area contributed by atoms with Gasteiger partial charge in [-0.2, -0.15) is 0 Å². The molecule has 84 valence electrons. The Hall–Kier alpha value is -0.480. The molecule has 0 saturated heterocycles. The molecule has 0 heterocycles. The summed E-state index contributed by atoms with van der Waals surface area (Å²) in [4.78, 5) is 0. The van der Waals surface area contributed by atoms with Gasteiger partial charge in [0.15, 0.2) is 0 Å². The van der Waals surface area contributed by atoms with Gasteiger partial charge in [-0.1, -0.05) is 13.3 Å². The molecule has 0 amide bonds. The van der Waals surface area contributed by atoms with Gasteiger partial charge in [0.1, 0.15) is 11.6 Å². The molecular formula is C11H14BrF2N. The summed E-state index contributed by atoms with van der Waals surface area (Å²) in [7, 11) is 0. The molecule has 0 aliphatic rings. The molecule has 1 aromatic rings. The van der Waals surface area contributed by atoms with Gasteiger partial charge in [-0.05, 0) is 46.9 Å². The van der Waals surface area contributed by atoms with Crippen LogP contribution in [-0.2, 0) is 6.42 Å². The Balaban J connectivity index is 2.97. The Bertz CT molecular complexity index is 338. The maximum atomic E-state index is 13.6. The van der Waals surface area contributed by atoms with E-state index in [1.165, 1.54) is 12.1 Å². The first-order valence-electron chi connectivity index (χ1n) is 4.92. The van der Waals surface area contributed by atoms with Gasteiger partial charge >= 0.3 is 0 Å². The lowest BCUT2D eigenvalue weighted by atomic mass is 9.96. The van der Waals surface area contributed by atoms with Crippen LogP contribution in [0.5, 0.6) is 0 Å². The molecule has 1 aromatic carbocycles. The summed E-state index contributed by atoms with van der Waals surface area (Å²) in [6, 6.07) is 2.64. The predicted molar refractivity (Wildman–Crippen MR) is 60.6 cm³/mol. The van der Waals surface area contributed by atoms with E-state index in [0.29, 0.717) is 17.4 Å². The van der Waals surface area contributed by atoms with Crippen LogP contribution in [0.1, 0.15) is 18.9 Å². The smallest absolute Gasteiger partial charge is 0.143 e. The van der Waals surface area contributed by atoms with Crippen LogP contribution in [0, 0.1) is 17.6 Å². The van der Waals surface area contributed by atoms with Gasteiger partial charge in [0.25, 0.3) is 0 Å². The van der Waals surface area contributed by atoms with Crippen molar-refractivity contribution in [3.8, 4) is 0 Å². The molecule has 0 saturated carbocycles. The normalized spacial score (nSPS) is 12.9. The highest BCUT2D eigenvalue weighted by molar-refractivity contribution is 9.10. The zero-order valence-electron chi connectivity index (χ0n) is 8.56. The zero-order chi connectivity index (χ0) is 11.4. The average molecular weight is 278 g/mol. The van der Waals surface area contributed by atoms with Crippen molar-refractivity contribution in [1.29, 1.82) is 0 Å². The van der Waals surface area contributed by atoms with Gasteiger partial charge < -0.3 is 5.73 Å². The van der Waals surface area contributed by atoms with E-state index >= 15 is 0 Å². The minimum atomic E-state index is -0.512. The standard InChI is InChI=1S/C11H14BrF2N/c1-2-7(6-15)5-8-10(13)4-3-9(12)11(8)14/h3-4,7H,2,5-6,15H2,1H3. The summed E-state index contributed by atoms with van der Waals surface area (Å²) >= 11 is 3.04. The highest BCUT2D eigenvalue weighted by Crippen LogP contribution is 2.24. The molecule has 0 aromatic heterocycles. The van der Waals surface area contributed by atoms with E-state index in [-0.39, 0.29) is 11.5 Å². The average Bonchev–Trinajstić information content (AvgIpc) is 2.24. The Morgan fingerprint density at radius 3 is 2.60 bits per heavy atom. The molecule has 1 nitrogen and oxygen atoms in total. The lowest BCUT2D eigenvalue weighted by molar-refractivity contribution is 0.475. The molecule has 2 N–H and O–H groups in total. The second-order valence-corrected chi connectivity index (χ2v) is 4.39. The lowest BCUT2D eigenvalue weighted by Crippen LogP contribution is -2.17. The van der Waals surface area contributed by atoms with Crippen molar-refractivity contribution in [2.24, 2.45) is 11.7 Å². The molecule has 0 spiro atoms. The van der Waals surface area contributed by atoms with Crippen LogP contribution in [-0.4, -0.2) is 6.54 Å². The van der Waals surface area contributed by atoms with Gasteiger partial charge in [-0.3, -0.25) is 0 Å². The van der Waals surface area contributed by atoms with E-state index in [0.717, 1.165) is 6.42 Å². The van der Waals surface area contributed by atoms with Crippen LogP contribution >= 0.6 is 15.9 Å². The summed E-state index contributed by atoms with van der Waals surface area (Å²) in [5.41, 5.74) is 5.64. The Morgan fingerprint density at radius 1 is 1.40 bits per heavy atom. The fraction of sp³-hybridized carbons (Fsp3) is 0.455. The number of hydrogen-bond donors (Lipinski definition) is 1. The van der Waals surface area contributed by atoms with Gasteiger partial charge in [0.05, 0.1) is 4.47 Å². The molecule has 0 radical (unpaired) electrons. The highest BCUT2D eigenvalue weighted by atomic mass is 79.9. The fourth-order valence-corrected chi connectivity index (χ4v) is 1.81. The van der Waals surface area contributed by atoms with E-state index in [1.807, 2.05) is 6.92 Å². The second kappa shape index (κ2) is 5.56. The number of nitrogens with two attached hydrogens (primary N) is 1. The van der Waals surface area contributed by atoms with Crippen LogP contribution in [0.15, 0.2) is 16.6 Å². The summed E-state index contributed by atoms with van der Waals surface area (Å²) in [6.07, 6.45) is 1.17. The van der Waals surface area contributed by atoms with E-state index in [1.54, 1.807) is 0 Å². The molecule has 1 atom stereocenters. The predicted octanol–water partition coefficient (Wildman–Crippen LogP) is 3.25. The third kappa shape index (κ3) is 2.98. The number of rotatable bonds is 4. The van der Waals surface area contributed by atoms with Crippen molar-refractivity contribution in [1.82, 2.24) is 0 Å². The van der Waals surface area contributed by atoms with Crippen LogP contribution in [0.25, 0.3) is 0 Å². The van der Waals surface area contributed by atoms with Crippen molar-refractivity contribution >= 4 is 15.9 Å². The van der Waals surface area contributed by atoms with Crippen LogP contribution in [0.3, 0.4) is 0 Å². The largest absolute Gasteiger partial charge is 0.330 e. The first-order chi connectivity index (χ1) is 7.10. The third-order valence-electron chi connectivity index (χ3n) is 2.54. The van der Waals surface area contributed by atoms with Crippen LogP contribution < -0.4 is 5.73 Å². The first kappa shape index (κ1) is 12.6. The Labute approximate surface area is 96.8 Å². The number of hydrogen-bond acceptors (Lipinski definition) is 1. The van der Waals surface area contributed by atoms with Crippen LogP contribution in [0.4, 0.5) is 8.78 Å². The quantitative estimate of drug-likeness (QED) is 0.840. The Kier molecular flexibility index (Phi) is 4.67. The number of halogens is 3. The van der Waals surface area contributed by atoms with Gasteiger partial charge in [-0.25, -0.2) is 8.78 Å². The molecule has 1 rings (SSSR count). The van der Waals surface area contributed by atoms with Gasteiger partial charge in [0, 0.05) is 5.56 Å². The second-order valence-electron chi connectivity index (χ2n) is 3.54. The summed E-state index contributed by atoms with van der Waals surface area (Å²) in [5.74, 6) is -0.882. The van der Waals surface area contributed by atoms with Crippen molar-refractivity contribution in [3.63, 3.8) is 0 Å². The molecular weight excluding hydrogens is 264 g/mol.